The third-order valence-corrected chi connectivity index (χ3v) is 5.95. The second-order valence-electron chi connectivity index (χ2n) is 7.27. The molecule has 0 bridgehead atoms. The van der Waals surface area contributed by atoms with E-state index in [4.69, 9.17) is 4.74 Å². The molecule has 0 unspecified atom stereocenters. The molecule has 2 heterocycles. The van der Waals surface area contributed by atoms with Gasteiger partial charge in [-0.2, -0.15) is 0 Å². The van der Waals surface area contributed by atoms with Crippen molar-refractivity contribution in [1.82, 2.24) is 14.7 Å². The first-order valence-electron chi connectivity index (χ1n) is 10.0. The Labute approximate surface area is 162 Å². The normalized spacial score (nSPS) is 24.2. The van der Waals surface area contributed by atoms with Crippen LogP contribution in [0.1, 0.15) is 38.3 Å². The van der Waals surface area contributed by atoms with Gasteiger partial charge in [0.15, 0.2) is 0 Å². The smallest absolute Gasteiger partial charge is 0.228 e. The number of likely N-dealkylation sites (tertiary alicyclic amines) is 1. The minimum absolute atomic E-state index is 0.119. The molecule has 2 amide bonds. The summed E-state index contributed by atoms with van der Waals surface area (Å²) in [5.74, 6) is 0.817. The van der Waals surface area contributed by atoms with Crippen LogP contribution in [0, 0.1) is 5.92 Å². The Morgan fingerprint density at radius 3 is 2.44 bits per heavy atom. The SMILES string of the molecule is CCN1CCN(C(=O)[C@@H]2CCC(=O)N(CC)[C@H]2c2ccccc2OC)CC1. The van der Waals surface area contributed by atoms with E-state index in [-0.39, 0.29) is 23.8 Å². The molecule has 2 aliphatic heterocycles. The molecule has 3 rings (SSSR count). The van der Waals surface area contributed by atoms with Gasteiger partial charge in [-0.15, -0.1) is 0 Å². The number of methoxy groups -OCH3 is 1. The van der Waals surface area contributed by atoms with Crippen LogP contribution in [0.5, 0.6) is 5.75 Å². The van der Waals surface area contributed by atoms with Crippen LogP contribution in [0.3, 0.4) is 0 Å². The number of piperidine rings is 1. The van der Waals surface area contributed by atoms with Gasteiger partial charge >= 0.3 is 0 Å². The van der Waals surface area contributed by atoms with Crippen molar-refractivity contribution in [2.75, 3.05) is 46.4 Å². The van der Waals surface area contributed by atoms with Gasteiger partial charge in [0, 0.05) is 44.7 Å². The van der Waals surface area contributed by atoms with Crippen molar-refractivity contribution in [2.45, 2.75) is 32.7 Å². The summed E-state index contributed by atoms with van der Waals surface area (Å²) in [5, 5.41) is 0. The van der Waals surface area contributed by atoms with E-state index in [1.807, 2.05) is 41.0 Å². The molecule has 1 aromatic carbocycles. The third kappa shape index (κ3) is 3.95. The number of benzene rings is 1. The molecule has 2 saturated heterocycles. The number of hydrogen-bond acceptors (Lipinski definition) is 4. The van der Waals surface area contributed by atoms with Gasteiger partial charge in [0.2, 0.25) is 11.8 Å². The van der Waals surface area contributed by atoms with Gasteiger partial charge in [0.05, 0.1) is 19.1 Å². The molecule has 0 aliphatic carbocycles. The average molecular weight is 373 g/mol. The van der Waals surface area contributed by atoms with Gasteiger partial charge in [0.25, 0.3) is 0 Å². The first-order chi connectivity index (χ1) is 13.1. The number of ether oxygens (including phenoxy) is 1. The molecule has 2 atom stereocenters. The number of likely N-dealkylation sites (N-methyl/N-ethyl adjacent to an activating group) is 1. The molecular formula is C21H31N3O3. The Morgan fingerprint density at radius 2 is 1.81 bits per heavy atom. The maximum Gasteiger partial charge on any atom is 0.228 e. The molecule has 2 fully saturated rings. The molecule has 27 heavy (non-hydrogen) atoms. The Bertz CT molecular complexity index is 670. The average Bonchev–Trinajstić information content (AvgIpc) is 2.73. The molecule has 0 aromatic heterocycles. The van der Waals surface area contributed by atoms with Gasteiger partial charge in [-0.25, -0.2) is 0 Å². The molecule has 0 spiro atoms. The van der Waals surface area contributed by atoms with Crippen molar-refractivity contribution in [1.29, 1.82) is 0 Å². The molecule has 0 N–H and O–H groups in total. The van der Waals surface area contributed by atoms with Gasteiger partial charge < -0.3 is 19.4 Å². The first kappa shape index (κ1) is 19.7. The number of piperazine rings is 1. The minimum Gasteiger partial charge on any atom is -0.496 e. The van der Waals surface area contributed by atoms with Crippen molar-refractivity contribution in [2.24, 2.45) is 5.92 Å². The lowest BCUT2D eigenvalue weighted by atomic mass is 9.82. The number of hydrogen-bond donors (Lipinski definition) is 0. The van der Waals surface area contributed by atoms with Crippen LogP contribution < -0.4 is 4.74 Å². The summed E-state index contributed by atoms with van der Waals surface area (Å²) in [6, 6.07) is 7.50. The summed E-state index contributed by atoms with van der Waals surface area (Å²) in [7, 11) is 1.64. The van der Waals surface area contributed by atoms with E-state index in [2.05, 4.69) is 11.8 Å². The van der Waals surface area contributed by atoms with E-state index in [0.29, 0.717) is 19.4 Å². The molecule has 0 radical (unpaired) electrons. The predicted octanol–water partition coefficient (Wildman–Crippen LogP) is 2.16. The minimum atomic E-state index is -0.260. The van der Waals surface area contributed by atoms with E-state index in [1.165, 1.54) is 0 Å². The van der Waals surface area contributed by atoms with E-state index >= 15 is 0 Å². The number of amides is 2. The number of rotatable bonds is 5. The van der Waals surface area contributed by atoms with Crippen molar-refractivity contribution in [3.8, 4) is 5.75 Å². The molecular weight excluding hydrogens is 342 g/mol. The van der Waals surface area contributed by atoms with Crippen molar-refractivity contribution < 1.29 is 14.3 Å². The zero-order valence-corrected chi connectivity index (χ0v) is 16.7. The highest BCUT2D eigenvalue weighted by atomic mass is 16.5. The maximum atomic E-state index is 13.4. The fraction of sp³-hybridized carbons (Fsp3) is 0.619. The highest BCUT2D eigenvalue weighted by molar-refractivity contribution is 5.85. The quantitative estimate of drug-likeness (QED) is 0.794. The second kappa shape index (κ2) is 8.74. The fourth-order valence-corrected chi connectivity index (χ4v) is 4.40. The Balaban J connectivity index is 1.89. The van der Waals surface area contributed by atoms with Gasteiger partial charge in [0.1, 0.15) is 5.75 Å². The number of carbonyl (C=O) groups excluding carboxylic acids is 2. The lowest BCUT2D eigenvalue weighted by molar-refractivity contribution is -0.149. The molecule has 6 nitrogen and oxygen atoms in total. The van der Waals surface area contributed by atoms with Crippen LogP contribution >= 0.6 is 0 Å². The Hall–Kier alpha value is -2.08. The predicted molar refractivity (Wildman–Crippen MR) is 105 cm³/mol. The summed E-state index contributed by atoms with van der Waals surface area (Å²) in [4.78, 5) is 32.2. The van der Waals surface area contributed by atoms with Crippen LogP contribution in [-0.4, -0.2) is 72.9 Å². The topological polar surface area (TPSA) is 53.1 Å². The summed E-state index contributed by atoms with van der Waals surface area (Å²) in [6.07, 6.45) is 1.04. The fourth-order valence-electron chi connectivity index (χ4n) is 4.40. The summed E-state index contributed by atoms with van der Waals surface area (Å²) < 4.78 is 5.56. The van der Waals surface area contributed by atoms with E-state index < -0.39 is 0 Å². The van der Waals surface area contributed by atoms with Crippen LogP contribution in [0.2, 0.25) is 0 Å². The summed E-state index contributed by atoms with van der Waals surface area (Å²) >= 11 is 0. The Kier molecular flexibility index (Phi) is 6.37. The Morgan fingerprint density at radius 1 is 1.11 bits per heavy atom. The number of para-hydroxylation sites is 1. The largest absolute Gasteiger partial charge is 0.496 e. The highest BCUT2D eigenvalue weighted by Crippen LogP contribution is 2.41. The van der Waals surface area contributed by atoms with Crippen molar-refractivity contribution in [3.63, 3.8) is 0 Å². The van der Waals surface area contributed by atoms with E-state index in [1.54, 1.807) is 7.11 Å². The summed E-state index contributed by atoms with van der Waals surface area (Å²) in [6.45, 7) is 9.12. The molecule has 1 aromatic rings. The molecule has 2 aliphatic rings. The monoisotopic (exact) mass is 373 g/mol. The summed E-state index contributed by atoms with van der Waals surface area (Å²) in [5.41, 5.74) is 0.931. The van der Waals surface area contributed by atoms with Crippen molar-refractivity contribution >= 4 is 11.8 Å². The van der Waals surface area contributed by atoms with Crippen LogP contribution in [0.15, 0.2) is 24.3 Å². The van der Waals surface area contributed by atoms with Crippen LogP contribution in [0.25, 0.3) is 0 Å². The van der Waals surface area contributed by atoms with Gasteiger partial charge in [-0.05, 0) is 26.0 Å². The second-order valence-corrected chi connectivity index (χ2v) is 7.27. The molecule has 6 heteroatoms. The van der Waals surface area contributed by atoms with Crippen LogP contribution in [-0.2, 0) is 9.59 Å². The van der Waals surface area contributed by atoms with Crippen molar-refractivity contribution in [3.05, 3.63) is 29.8 Å². The zero-order chi connectivity index (χ0) is 19.4. The number of carbonyl (C=O) groups is 2. The van der Waals surface area contributed by atoms with Crippen LogP contribution in [0.4, 0.5) is 0 Å². The van der Waals surface area contributed by atoms with Gasteiger partial charge in [-0.1, -0.05) is 25.1 Å². The maximum absolute atomic E-state index is 13.4. The molecule has 0 saturated carbocycles. The third-order valence-electron chi connectivity index (χ3n) is 5.95. The lowest BCUT2D eigenvalue weighted by Gasteiger charge is -2.43. The molecule has 148 valence electrons. The first-order valence-corrected chi connectivity index (χ1v) is 10.0. The number of nitrogens with zero attached hydrogens (tertiary/aromatic N) is 3. The standard InChI is InChI=1S/C21H31N3O3/c1-4-22-12-14-23(15-13-22)21(26)17-10-11-19(25)24(5-2)20(17)16-8-6-7-9-18(16)27-3/h6-9,17,20H,4-5,10-15H2,1-3H3/t17-,20+/m1/s1. The van der Waals surface area contributed by atoms with E-state index in [9.17, 15) is 9.59 Å². The highest BCUT2D eigenvalue weighted by Gasteiger charge is 2.42. The zero-order valence-electron chi connectivity index (χ0n) is 16.7. The lowest BCUT2D eigenvalue weighted by Crippen LogP contribution is -2.54. The van der Waals surface area contributed by atoms with Gasteiger partial charge in [-0.3, -0.25) is 9.59 Å². The van der Waals surface area contributed by atoms with E-state index in [0.717, 1.165) is 44.0 Å².